The zero-order valence-corrected chi connectivity index (χ0v) is 12.5. The summed E-state index contributed by atoms with van der Waals surface area (Å²) in [6, 6.07) is 10.6. The number of thiocarbonyl (C=S) groups is 1. The Morgan fingerprint density at radius 2 is 2.15 bits per heavy atom. The molecule has 0 heterocycles. The van der Waals surface area contributed by atoms with Gasteiger partial charge in [-0.3, -0.25) is 5.43 Å². The molecule has 1 fully saturated rings. The van der Waals surface area contributed by atoms with Crippen LogP contribution in [0.1, 0.15) is 37.2 Å². The molecule has 0 amide bonds. The third kappa shape index (κ3) is 4.17. The molecule has 1 aromatic carbocycles. The van der Waals surface area contributed by atoms with Crippen LogP contribution in [0.15, 0.2) is 48.1 Å². The summed E-state index contributed by atoms with van der Waals surface area (Å²) in [7, 11) is 0. The number of nitrogens with one attached hydrogen (secondary N) is 2. The number of hydrogen-bond donors (Lipinski definition) is 2. The van der Waals surface area contributed by atoms with Gasteiger partial charge >= 0.3 is 0 Å². The normalized spacial score (nSPS) is 20.4. The smallest absolute Gasteiger partial charge is 0.187 e. The lowest BCUT2D eigenvalue weighted by Crippen LogP contribution is -2.33. The van der Waals surface area contributed by atoms with Crippen LogP contribution in [-0.2, 0) is 0 Å². The lowest BCUT2D eigenvalue weighted by atomic mass is 9.82. The van der Waals surface area contributed by atoms with E-state index in [0.29, 0.717) is 17.6 Å². The summed E-state index contributed by atoms with van der Waals surface area (Å²) in [4.78, 5) is 0. The minimum Gasteiger partial charge on any atom is -0.358 e. The monoisotopic (exact) mass is 287 g/mol. The van der Waals surface area contributed by atoms with E-state index in [1.165, 1.54) is 24.1 Å². The van der Waals surface area contributed by atoms with Crippen LogP contribution in [-0.4, -0.2) is 17.4 Å². The molecule has 0 radical (unpaired) electrons. The van der Waals surface area contributed by atoms with E-state index in [1.807, 2.05) is 0 Å². The number of hydrazone groups is 1. The molecule has 1 atom stereocenters. The maximum Gasteiger partial charge on any atom is 0.187 e. The Hall–Kier alpha value is -1.68. The Bertz CT molecular complexity index is 482. The molecule has 20 heavy (non-hydrogen) atoms. The topological polar surface area (TPSA) is 36.4 Å². The zero-order chi connectivity index (χ0) is 14.2. The van der Waals surface area contributed by atoms with Gasteiger partial charge in [-0.05, 0) is 37.0 Å². The largest absolute Gasteiger partial charge is 0.358 e. The summed E-state index contributed by atoms with van der Waals surface area (Å²) in [6.45, 7) is 4.30. The van der Waals surface area contributed by atoms with E-state index in [1.54, 1.807) is 6.08 Å². The molecule has 1 aliphatic rings. The number of rotatable bonds is 4. The van der Waals surface area contributed by atoms with Crippen molar-refractivity contribution in [2.75, 3.05) is 6.54 Å². The minimum atomic E-state index is 0.416. The highest BCUT2D eigenvalue weighted by Crippen LogP contribution is 2.30. The fraction of sp³-hybridized carbons (Fsp3) is 0.375. The van der Waals surface area contributed by atoms with Crippen LogP contribution < -0.4 is 10.7 Å². The first kappa shape index (κ1) is 14.7. The highest BCUT2D eigenvalue weighted by molar-refractivity contribution is 7.80. The molecule has 0 aliphatic heterocycles. The standard InChI is InChI=1S/C16H21N3S/c1-2-12-17-16(20)19-18-15-11-7-6-10-14(15)13-8-4-3-5-9-13/h2-5,8-9,14H,1,6-7,10-12H2,(H2,17,19,20)/b18-15-/t14-/m1/s1. The fourth-order valence-corrected chi connectivity index (χ4v) is 2.63. The van der Waals surface area contributed by atoms with E-state index in [0.717, 1.165) is 12.8 Å². The molecule has 106 valence electrons. The van der Waals surface area contributed by atoms with E-state index in [-0.39, 0.29) is 0 Å². The first-order valence-electron chi connectivity index (χ1n) is 7.07. The van der Waals surface area contributed by atoms with Crippen molar-refractivity contribution in [2.24, 2.45) is 5.10 Å². The summed E-state index contributed by atoms with van der Waals surface area (Å²) >= 11 is 5.17. The van der Waals surface area contributed by atoms with Crippen LogP contribution >= 0.6 is 12.2 Å². The molecule has 1 aliphatic carbocycles. The zero-order valence-electron chi connectivity index (χ0n) is 11.6. The maximum absolute atomic E-state index is 5.17. The lowest BCUT2D eigenvalue weighted by Gasteiger charge is -2.24. The third-order valence-corrected chi connectivity index (χ3v) is 3.72. The summed E-state index contributed by atoms with van der Waals surface area (Å²) in [6.07, 6.45) is 6.44. The molecule has 0 spiro atoms. The molecule has 2 rings (SSSR count). The predicted octanol–water partition coefficient (Wildman–Crippen LogP) is 3.35. The average molecular weight is 287 g/mol. The second kappa shape index (κ2) is 7.80. The fourth-order valence-electron chi connectivity index (χ4n) is 2.50. The van der Waals surface area contributed by atoms with Gasteiger partial charge in [0.15, 0.2) is 5.11 Å². The molecule has 0 unspecified atom stereocenters. The molecule has 3 nitrogen and oxygen atoms in total. The Morgan fingerprint density at radius 1 is 1.35 bits per heavy atom. The van der Waals surface area contributed by atoms with Gasteiger partial charge in [0, 0.05) is 18.2 Å². The summed E-state index contributed by atoms with van der Waals surface area (Å²) in [5.41, 5.74) is 5.49. The van der Waals surface area contributed by atoms with E-state index in [9.17, 15) is 0 Å². The number of nitrogens with zero attached hydrogens (tertiary/aromatic N) is 1. The van der Waals surface area contributed by atoms with Gasteiger partial charge < -0.3 is 5.32 Å². The second-order valence-corrected chi connectivity index (χ2v) is 5.33. The Morgan fingerprint density at radius 3 is 2.90 bits per heavy atom. The van der Waals surface area contributed by atoms with Crippen molar-refractivity contribution in [2.45, 2.75) is 31.6 Å². The summed E-state index contributed by atoms with van der Waals surface area (Å²) < 4.78 is 0. The van der Waals surface area contributed by atoms with Crippen LogP contribution in [0, 0.1) is 0 Å². The van der Waals surface area contributed by atoms with Gasteiger partial charge in [0.1, 0.15) is 0 Å². The Labute approximate surface area is 126 Å². The highest BCUT2D eigenvalue weighted by Gasteiger charge is 2.22. The second-order valence-electron chi connectivity index (χ2n) is 4.92. The number of benzene rings is 1. The quantitative estimate of drug-likeness (QED) is 0.506. The van der Waals surface area contributed by atoms with Crippen LogP contribution in [0.4, 0.5) is 0 Å². The van der Waals surface area contributed by atoms with Crippen molar-refractivity contribution in [1.82, 2.24) is 10.7 Å². The van der Waals surface area contributed by atoms with Gasteiger partial charge in [0.2, 0.25) is 0 Å². The van der Waals surface area contributed by atoms with Gasteiger partial charge in [-0.1, -0.05) is 42.8 Å². The molecule has 1 saturated carbocycles. The summed E-state index contributed by atoms with van der Waals surface area (Å²) in [5.74, 6) is 0.416. The van der Waals surface area contributed by atoms with Crippen LogP contribution in [0.25, 0.3) is 0 Å². The van der Waals surface area contributed by atoms with Gasteiger partial charge in [-0.25, -0.2) is 0 Å². The van der Waals surface area contributed by atoms with E-state index < -0.39 is 0 Å². The van der Waals surface area contributed by atoms with Crippen molar-refractivity contribution < 1.29 is 0 Å². The van der Waals surface area contributed by atoms with Crippen molar-refractivity contribution in [3.05, 3.63) is 48.6 Å². The van der Waals surface area contributed by atoms with E-state index >= 15 is 0 Å². The van der Waals surface area contributed by atoms with E-state index in [2.05, 4.69) is 52.8 Å². The van der Waals surface area contributed by atoms with Crippen molar-refractivity contribution in [1.29, 1.82) is 0 Å². The predicted molar refractivity (Wildman–Crippen MR) is 89.0 cm³/mol. The molecular weight excluding hydrogens is 266 g/mol. The van der Waals surface area contributed by atoms with Crippen LogP contribution in [0.2, 0.25) is 0 Å². The highest BCUT2D eigenvalue weighted by atomic mass is 32.1. The molecular formula is C16H21N3S. The van der Waals surface area contributed by atoms with Gasteiger partial charge in [-0.2, -0.15) is 5.10 Å². The van der Waals surface area contributed by atoms with Crippen LogP contribution in [0.5, 0.6) is 0 Å². The first-order valence-corrected chi connectivity index (χ1v) is 7.48. The lowest BCUT2D eigenvalue weighted by molar-refractivity contribution is 0.608. The molecule has 0 bridgehead atoms. The minimum absolute atomic E-state index is 0.416. The average Bonchev–Trinajstić information content (AvgIpc) is 2.52. The molecule has 0 aromatic heterocycles. The Balaban J connectivity index is 2.03. The van der Waals surface area contributed by atoms with Gasteiger partial charge in [-0.15, -0.1) is 6.58 Å². The molecule has 2 N–H and O–H groups in total. The van der Waals surface area contributed by atoms with Gasteiger partial charge in [0.05, 0.1) is 0 Å². The molecule has 0 saturated heterocycles. The summed E-state index contributed by atoms with van der Waals surface area (Å²) in [5, 5.41) is 8.09. The molecule has 1 aromatic rings. The Kier molecular flexibility index (Phi) is 5.74. The van der Waals surface area contributed by atoms with Crippen LogP contribution in [0.3, 0.4) is 0 Å². The van der Waals surface area contributed by atoms with Crippen molar-refractivity contribution >= 4 is 23.0 Å². The van der Waals surface area contributed by atoms with Gasteiger partial charge in [0.25, 0.3) is 0 Å². The van der Waals surface area contributed by atoms with Crippen molar-refractivity contribution in [3.63, 3.8) is 0 Å². The molecule has 4 heteroatoms. The SMILES string of the molecule is C=CCNC(=S)N/N=C1/CCCC[C@@H]1c1ccccc1. The number of hydrogen-bond acceptors (Lipinski definition) is 2. The first-order chi connectivity index (χ1) is 9.81. The third-order valence-electron chi connectivity index (χ3n) is 3.49. The maximum atomic E-state index is 5.17. The van der Waals surface area contributed by atoms with Crippen molar-refractivity contribution in [3.8, 4) is 0 Å². The van der Waals surface area contributed by atoms with E-state index in [4.69, 9.17) is 12.2 Å².